The Hall–Kier alpha value is -3.46. The third kappa shape index (κ3) is 4.66. The number of carbonyl (C=O) groups is 2. The van der Waals surface area contributed by atoms with Crippen molar-refractivity contribution in [1.29, 1.82) is 0 Å². The zero-order chi connectivity index (χ0) is 22.0. The summed E-state index contributed by atoms with van der Waals surface area (Å²) in [6.45, 7) is 2.32. The van der Waals surface area contributed by atoms with Crippen LogP contribution in [-0.4, -0.2) is 31.2 Å². The minimum atomic E-state index is -1.21. The zero-order valence-electron chi connectivity index (χ0n) is 16.3. The average Bonchev–Trinajstić information content (AvgIpc) is 3.26. The Labute approximate surface area is 180 Å². The number of esters is 1. The lowest BCUT2D eigenvalue weighted by atomic mass is 10.1. The van der Waals surface area contributed by atoms with Crippen LogP contribution in [0.1, 0.15) is 16.6 Å². The Balaban J connectivity index is 1.41. The van der Waals surface area contributed by atoms with Gasteiger partial charge in [0.15, 0.2) is 17.6 Å². The fraction of sp³-hybridized carbons (Fsp3) is 0.182. The van der Waals surface area contributed by atoms with E-state index in [1.807, 2.05) is 12.1 Å². The van der Waals surface area contributed by atoms with Crippen molar-refractivity contribution in [1.82, 2.24) is 0 Å². The summed E-state index contributed by atoms with van der Waals surface area (Å²) in [6, 6.07) is 11.5. The Kier molecular flexibility index (Phi) is 5.85. The van der Waals surface area contributed by atoms with Crippen LogP contribution in [0.15, 0.2) is 48.5 Å². The molecule has 0 fully saturated rings. The normalized spacial score (nSPS) is 13.4. The van der Waals surface area contributed by atoms with Crippen molar-refractivity contribution >= 4 is 28.9 Å². The molecule has 1 amide bonds. The van der Waals surface area contributed by atoms with Crippen LogP contribution in [0.25, 0.3) is 10.4 Å². The molecule has 6 nitrogen and oxygen atoms in total. The van der Waals surface area contributed by atoms with E-state index in [4.69, 9.17) is 14.2 Å². The maximum Gasteiger partial charge on any atom is 0.349 e. The molecule has 1 atom stereocenters. The van der Waals surface area contributed by atoms with Gasteiger partial charge in [0, 0.05) is 10.9 Å². The number of ether oxygens (including phenoxy) is 3. The molecule has 0 saturated heterocycles. The second kappa shape index (κ2) is 8.73. The minimum absolute atomic E-state index is 0.293. The van der Waals surface area contributed by atoms with Gasteiger partial charge in [-0.1, -0.05) is 0 Å². The number of hydrogen-bond donors (Lipinski definition) is 1. The highest BCUT2D eigenvalue weighted by Gasteiger charge is 2.22. The predicted molar refractivity (Wildman–Crippen MR) is 111 cm³/mol. The molecule has 2 heterocycles. The number of rotatable bonds is 5. The molecule has 1 aromatic heterocycles. The lowest BCUT2D eigenvalue weighted by molar-refractivity contribution is -0.123. The Morgan fingerprint density at radius 2 is 1.81 bits per heavy atom. The average molecular weight is 445 g/mol. The summed E-state index contributed by atoms with van der Waals surface area (Å²) in [5.41, 5.74) is 0.519. The molecule has 4 rings (SSSR count). The Bertz CT molecular complexity index is 1150. The van der Waals surface area contributed by atoms with E-state index in [0.29, 0.717) is 29.6 Å². The number of carbonyl (C=O) groups excluding carboxylic acids is 2. The number of thiophene rings is 1. The molecule has 1 unspecified atom stereocenters. The molecule has 1 aliphatic rings. The molecule has 3 aromatic rings. The van der Waals surface area contributed by atoms with Gasteiger partial charge in [-0.25, -0.2) is 13.6 Å². The van der Waals surface area contributed by atoms with Crippen molar-refractivity contribution in [2.24, 2.45) is 0 Å². The molecule has 31 heavy (non-hydrogen) atoms. The molecule has 160 valence electrons. The lowest BCUT2D eigenvalue weighted by Crippen LogP contribution is -2.30. The number of amides is 1. The fourth-order valence-corrected chi connectivity index (χ4v) is 3.78. The highest BCUT2D eigenvalue weighted by Crippen LogP contribution is 2.37. The summed E-state index contributed by atoms with van der Waals surface area (Å²) in [4.78, 5) is 25.7. The van der Waals surface area contributed by atoms with Gasteiger partial charge in [0.1, 0.15) is 29.7 Å². The quantitative estimate of drug-likeness (QED) is 0.579. The fourth-order valence-electron chi connectivity index (χ4n) is 2.90. The zero-order valence-corrected chi connectivity index (χ0v) is 17.1. The van der Waals surface area contributed by atoms with E-state index in [1.165, 1.54) is 18.3 Å². The van der Waals surface area contributed by atoms with Crippen molar-refractivity contribution in [3.8, 4) is 21.9 Å². The summed E-state index contributed by atoms with van der Waals surface area (Å²) in [5, 5.41) is 2.21. The highest BCUT2D eigenvalue weighted by atomic mass is 32.1. The van der Waals surface area contributed by atoms with Gasteiger partial charge < -0.3 is 19.5 Å². The van der Waals surface area contributed by atoms with Crippen LogP contribution in [0, 0.1) is 11.6 Å². The predicted octanol–water partition coefficient (Wildman–Crippen LogP) is 4.65. The number of fused-ring (bicyclic) bond motifs is 1. The van der Waals surface area contributed by atoms with Crippen LogP contribution < -0.4 is 14.8 Å². The summed E-state index contributed by atoms with van der Waals surface area (Å²) < 4.78 is 43.2. The van der Waals surface area contributed by atoms with Crippen LogP contribution in [-0.2, 0) is 9.53 Å². The van der Waals surface area contributed by atoms with Gasteiger partial charge in [0.2, 0.25) is 0 Å². The van der Waals surface area contributed by atoms with Crippen molar-refractivity contribution in [2.45, 2.75) is 13.0 Å². The lowest BCUT2D eigenvalue weighted by Gasteiger charge is -2.18. The van der Waals surface area contributed by atoms with Gasteiger partial charge in [-0.05, 0) is 55.0 Å². The number of nitrogens with one attached hydrogen (secondary N) is 1. The van der Waals surface area contributed by atoms with Crippen LogP contribution in [0.3, 0.4) is 0 Å². The van der Waals surface area contributed by atoms with Gasteiger partial charge in [-0.15, -0.1) is 11.3 Å². The largest absolute Gasteiger partial charge is 0.486 e. The summed E-state index contributed by atoms with van der Waals surface area (Å²) >= 11 is 1.19. The molecule has 0 aliphatic carbocycles. The number of halogens is 2. The first-order valence-electron chi connectivity index (χ1n) is 9.37. The Morgan fingerprint density at radius 3 is 2.61 bits per heavy atom. The number of anilines is 1. The topological polar surface area (TPSA) is 73.9 Å². The first-order valence-corrected chi connectivity index (χ1v) is 10.2. The van der Waals surface area contributed by atoms with Crippen molar-refractivity contribution in [3.63, 3.8) is 0 Å². The Morgan fingerprint density at radius 1 is 1.03 bits per heavy atom. The van der Waals surface area contributed by atoms with E-state index in [2.05, 4.69) is 5.32 Å². The van der Waals surface area contributed by atoms with Crippen LogP contribution in [0.2, 0.25) is 0 Å². The van der Waals surface area contributed by atoms with Crippen LogP contribution in [0.4, 0.5) is 14.5 Å². The maximum absolute atomic E-state index is 13.7. The van der Waals surface area contributed by atoms with Gasteiger partial charge in [-0.2, -0.15) is 0 Å². The van der Waals surface area contributed by atoms with Gasteiger partial charge in [-0.3, -0.25) is 4.79 Å². The summed E-state index contributed by atoms with van der Waals surface area (Å²) in [6.07, 6.45) is -1.21. The highest BCUT2D eigenvalue weighted by molar-refractivity contribution is 7.17. The van der Waals surface area contributed by atoms with Crippen LogP contribution in [0.5, 0.6) is 11.5 Å². The molecular weight excluding hydrogens is 428 g/mol. The molecule has 0 radical (unpaired) electrons. The van der Waals surface area contributed by atoms with E-state index >= 15 is 0 Å². The van der Waals surface area contributed by atoms with E-state index < -0.39 is 29.6 Å². The second-order valence-electron chi connectivity index (χ2n) is 6.68. The van der Waals surface area contributed by atoms with E-state index in [1.54, 1.807) is 18.2 Å². The molecule has 0 saturated carbocycles. The maximum atomic E-state index is 13.7. The SMILES string of the molecule is CC(OC(=O)c1ccc(-c2ccc3c(c2)OCCO3)s1)C(=O)Nc1cc(F)ccc1F. The second-order valence-corrected chi connectivity index (χ2v) is 7.77. The van der Waals surface area contributed by atoms with Crippen LogP contribution >= 0.6 is 11.3 Å². The van der Waals surface area contributed by atoms with Crippen molar-refractivity contribution < 1.29 is 32.6 Å². The summed E-state index contributed by atoms with van der Waals surface area (Å²) in [7, 11) is 0. The third-order valence-corrected chi connectivity index (χ3v) is 5.59. The molecule has 0 bridgehead atoms. The minimum Gasteiger partial charge on any atom is -0.486 e. The summed E-state index contributed by atoms with van der Waals surface area (Å²) in [5.74, 6) is -1.67. The first-order chi connectivity index (χ1) is 14.9. The molecular formula is C22H17F2NO5S. The van der Waals surface area contributed by atoms with E-state index in [0.717, 1.165) is 28.6 Å². The van der Waals surface area contributed by atoms with Gasteiger partial charge >= 0.3 is 5.97 Å². The molecule has 0 spiro atoms. The van der Waals surface area contributed by atoms with E-state index in [9.17, 15) is 18.4 Å². The molecule has 9 heteroatoms. The number of benzene rings is 2. The third-order valence-electron chi connectivity index (χ3n) is 4.47. The monoisotopic (exact) mass is 445 g/mol. The standard InChI is InChI=1S/C22H17F2NO5S/c1-12(21(26)25-16-11-14(23)3-4-15(16)24)30-22(27)20-7-6-19(31-20)13-2-5-17-18(10-13)29-9-8-28-17/h2-7,10-12H,8-9H2,1H3,(H,25,26). The smallest absolute Gasteiger partial charge is 0.349 e. The molecule has 2 aromatic carbocycles. The molecule has 1 aliphatic heterocycles. The van der Waals surface area contributed by atoms with Gasteiger partial charge in [0.05, 0.1) is 5.69 Å². The van der Waals surface area contributed by atoms with Crippen molar-refractivity contribution in [2.75, 3.05) is 18.5 Å². The van der Waals surface area contributed by atoms with Crippen molar-refractivity contribution in [3.05, 3.63) is 65.0 Å². The van der Waals surface area contributed by atoms with Gasteiger partial charge in [0.25, 0.3) is 5.91 Å². The molecule has 1 N–H and O–H groups in total. The number of hydrogen-bond acceptors (Lipinski definition) is 6. The van der Waals surface area contributed by atoms with E-state index in [-0.39, 0.29) is 5.69 Å². The first kappa shape index (κ1) is 20.8.